The molecule has 0 saturated carbocycles. The standard InChI is InChI=1S/C20H27NO2/c1-5-15-8-7-9-16(6-2)20(15)19-10-13(3)17(12-22)18(21-19)11-14(4)23/h7-10,14,22-23H,5-6,11-12H2,1-4H3/i12D2. The third-order valence-electron chi connectivity index (χ3n) is 4.15. The first-order valence-corrected chi connectivity index (χ1v) is 8.21. The van der Waals surface area contributed by atoms with Crippen LogP contribution < -0.4 is 0 Å². The number of hydrogen-bond acceptors (Lipinski definition) is 3. The predicted octanol–water partition coefficient (Wildman–Crippen LogP) is 3.60. The van der Waals surface area contributed by atoms with E-state index in [0.29, 0.717) is 11.3 Å². The molecule has 0 aliphatic carbocycles. The second-order valence-corrected chi connectivity index (χ2v) is 5.97. The fourth-order valence-corrected chi connectivity index (χ4v) is 3.02. The van der Waals surface area contributed by atoms with Crippen molar-refractivity contribution in [2.75, 3.05) is 0 Å². The van der Waals surface area contributed by atoms with Gasteiger partial charge in [-0.25, -0.2) is 0 Å². The molecule has 0 radical (unpaired) electrons. The van der Waals surface area contributed by atoms with Crippen LogP contribution in [0.1, 0.15) is 51.5 Å². The molecule has 3 nitrogen and oxygen atoms in total. The highest BCUT2D eigenvalue weighted by molar-refractivity contribution is 5.69. The van der Waals surface area contributed by atoms with Crippen LogP contribution in [-0.4, -0.2) is 21.3 Å². The van der Waals surface area contributed by atoms with Crippen molar-refractivity contribution in [3.63, 3.8) is 0 Å². The average Bonchev–Trinajstić information content (AvgIpc) is 2.51. The van der Waals surface area contributed by atoms with E-state index in [-0.39, 0.29) is 12.0 Å². The maximum atomic E-state index is 9.94. The summed E-state index contributed by atoms with van der Waals surface area (Å²) < 4.78 is 15.5. The van der Waals surface area contributed by atoms with Crippen LogP contribution >= 0.6 is 0 Å². The Kier molecular flexibility index (Phi) is 4.98. The predicted molar refractivity (Wildman–Crippen MR) is 94.5 cm³/mol. The van der Waals surface area contributed by atoms with Crippen molar-refractivity contribution in [2.45, 2.75) is 59.6 Å². The molecule has 0 aliphatic rings. The summed E-state index contributed by atoms with van der Waals surface area (Å²) in [4.78, 5) is 4.67. The Hall–Kier alpha value is -1.71. The van der Waals surface area contributed by atoms with Gasteiger partial charge >= 0.3 is 0 Å². The van der Waals surface area contributed by atoms with Crippen molar-refractivity contribution >= 4 is 0 Å². The van der Waals surface area contributed by atoms with Gasteiger partial charge in [0.05, 0.1) is 21.1 Å². The Labute approximate surface area is 141 Å². The van der Waals surface area contributed by atoms with Gasteiger partial charge in [0.15, 0.2) is 0 Å². The van der Waals surface area contributed by atoms with Crippen molar-refractivity contribution in [1.29, 1.82) is 0 Å². The highest BCUT2D eigenvalue weighted by Gasteiger charge is 2.16. The molecule has 0 fully saturated rings. The second kappa shape index (κ2) is 7.71. The van der Waals surface area contributed by atoms with Crippen LogP contribution in [0.3, 0.4) is 0 Å². The van der Waals surface area contributed by atoms with Crippen molar-refractivity contribution in [2.24, 2.45) is 0 Å². The third kappa shape index (κ3) is 3.80. The molecule has 124 valence electrons. The summed E-state index contributed by atoms with van der Waals surface area (Å²) in [6.45, 7) is 5.13. The van der Waals surface area contributed by atoms with E-state index in [1.807, 2.05) is 12.1 Å². The third-order valence-corrected chi connectivity index (χ3v) is 4.15. The van der Waals surface area contributed by atoms with Crippen LogP contribution in [0.2, 0.25) is 0 Å². The monoisotopic (exact) mass is 315 g/mol. The van der Waals surface area contributed by atoms with E-state index in [2.05, 4.69) is 31.0 Å². The minimum absolute atomic E-state index is 0.157. The molecule has 1 aromatic heterocycles. The van der Waals surface area contributed by atoms with Crippen molar-refractivity contribution in [3.05, 3.63) is 52.2 Å². The van der Waals surface area contributed by atoms with Gasteiger partial charge in [-0.15, -0.1) is 0 Å². The molecular formula is C20H27NO2. The zero-order valence-electron chi connectivity index (χ0n) is 16.3. The summed E-state index contributed by atoms with van der Waals surface area (Å²) in [5.41, 5.74) is 5.43. The molecule has 0 amide bonds. The van der Waals surface area contributed by atoms with Crippen LogP contribution in [-0.2, 0) is 25.8 Å². The number of aliphatic hydroxyl groups excluding tert-OH is 1. The van der Waals surface area contributed by atoms with E-state index in [1.54, 1.807) is 13.8 Å². The SMILES string of the molecule is [2H]C([2H])(O)c1c(C)cc(-c2c(CC)cccc2CC)nc1CC(C)O. The molecule has 2 rings (SSSR count). The Morgan fingerprint density at radius 2 is 1.83 bits per heavy atom. The van der Waals surface area contributed by atoms with Gasteiger partial charge in [0.1, 0.15) is 0 Å². The number of nitrogens with zero attached hydrogens (tertiary/aromatic N) is 1. The van der Waals surface area contributed by atoms with Gasteiger partial charge in [-0.05, 0) is 49.4 Å². The molecule has 1 heterocycles. The molecule has 1 unspecified atom stereocenters. The normalized spacial score (nSPS) is 14.3. The number of aromatic nitrogens is 1. The second-order valence-electron chi connectivity index (χ2n) is 5.97. The number of aryl methyl sites for hydroxylation is 3. The number of benzene rings is 1. The summed E-state index contributed by atoms with van der Waals surface area (Å²) in [5, 5.41) is 19.7. The number of rotatable bonds is 6. The molecular weight excluding hydrogens is 286 g/mol. The molecule has 23 heavy (non-hydrogen) atoms. The lowest BCUT2D eigenvalue weighted by atomic mass is 9.92. The molecule has 2 aromatic rings. The zero-order chi connectivity index (χ0) is 18.8. The van der Waals surface area contributed by atoms with E-state index in [9.17, 15) is 10.2 Å². The first-order valence-electron chi connectivity index (χ1n) is 9.21. The zero-order valence-corrected chi connectivity index (χ0v) is 14.3. The molecule has 0 aliphatic heterocycles. The summed E-state index contributed by atoms with van der Waals surface area (Å²) >= 11 is 0. The number of aliphatic hydroxyl groups is 2. The molecule has 1 atom stereocenters. The summed E-state index contributed by atoms with van der Waals surface area (Å²) in [7, 11) is 0. The number of hydrogen-bond donors (Lipinski definition) is 2. The van der Waals surface area contributed by atoms with E-state index in [4.69, 9.17) is 2.74 Å². The Morgan fingerprint density at radius 1 is 1.22 bits per heavy atom. The Bertz CT molecular complexity index is 730. The van der Waals surface area contributed by atoms with Gasteiger partial charge in [0.2, 0.25) is 0 Å². The molecule has 0 saturated heterocycles. The molecule has 1 aromatic carbocycles. The van der Waals surface area contributed by atoms with E-state index in [1.165, 1.54) is 11.1 Å². The quantitative estimate of drug-likeness (QED) is 0.856. The fourth-order valence-electron chi connectivity index (χ4n) is 3.02. The van der Waals surface area contributed by atoms with Crippen LogP contribution in [0.5, 0.6) is 0 Å². The molecule has 2 N–H and O–H groups in total. The largest absolute Gasteiger partial charge is 0.393 e. The first kappa shape index (κ1) is 14.9. The Morgan fingerprint density at radius 3 is 2.30 bits per heavy atom. The van der Waals surface area contributed by atoms with Crippen LogP contribution in [0.25, 0.3) is 11.3 Å². The first-order chi connectivity index (χ1) is 11.7. The van der Waals surface area contributed by atoms with Crippen LogP contribution in [0, 0.1) is 6.92 Å². The van der Waals surface area contributed by atoms with Crippen molar-refractivity contribution < 1.29 is 13.0 Å². The van der Waals surface area contributed by atoms with Crippen molar-refractivity contribution in [3.8, 4) is 11.3 Å². The van der Waals surface area contributed by atoms with Crippen LogP contribution in [0.4, 0.5) is 0 Å². The minimum Gasteiger partial charge on any atom is -0.393 e. The molecule has 0 spiro atoms. The Balaban J connectivity index is 2.75. The lowest BCUT2D eigenvalue weighted by Gasteiger charge is -2.17. The average molecular weight is 315 g/mol. The lowest BCUT2D eigenvalue weighted by Crippen LogP contribution is -2.11. The van der Waals surface area contributed by atoms with E-state index in [0.717, 1.165) is 24.1 Å². The number of pyridine rings is 1. The topological polar surface area (TPSA) is 53.4 Å². The highest BCUT2D eigenvalue weighted by Crippen LogP contribution is 2.30. The van der Waals surface area contributed by atoms with Gasteiger partial charge in [-0.2, -0.15) is 0 Å². The van der Waals surface area contributed by atoms with E-state index >= 15 is 0 Å². The van der Waals surface area contributed by atoms with Crippen molar-refractivity contribution in [1.82, 2.24) is 4.98 Å². The lowest BCUT2D eigenvalue weighted by molar-refractivity contribution is 0.192. The summed E-state index contributed by atoms with van der Waals surface area (Å²) in [5.74, 6) is 0. The summed E-state index contributed by atoms with van der Waals surface area (Å²) in [6.07, 6.45) is 1.27. The van der Waals surface area contributed by atoms with Gasteiger partial charge < -0.3 is 10.2 Å². The maximum Gasteiger partial charge on any atom is 0.0713 e. The summed E-state index contributed by atoms with van der Waals surface area (Å²) in [6, 6.07) is 8.05. The van der Waals surface area contributed by atoms with Gasteiger partial charge in [0, 0.05) is 23.2 Å². The highest BCUT2D eigenvalue weighted by atomic mass is 16.3. The van der Waals surface area contributed by atoms with Gasteiger partial charge in [-0.1, -0.05) is 32.0 Å². The molecule has 3 heteroatoms. The fraction of sp³-hybridized carbons (Fsp3) is 0.450. The smallest absolute Gasteiger partial charge is 0.0713 e. The van der Waals surface area contributed by atoms with Gasteiger partial charge in [-0.3, -0.25) is 4.98 Å². The maximum absolute atomic E-state index is 9.94. The van der Waals surface area contributed by atoms with E-state index < -0.39 is 12.7 Å². The molecule has 0 bridgehead atoms. The minimum atomic E-state index is -2.49. The van der Waals surface area contributed by atoms with Crippen LogP contribution in [0.15, 0.2) is 24.3 Å². The van der Waals surface area contributed by atoms with Gasteiger partial charge in [0.25, 0.3) is 0 Å².